The number of aromatic amines is 1. The van der Waals surface area contributed by atoms with Crippen LogP contribution >= 0.6 is 12.2 Å². The molecule has 28 heavy (non-hydrogen) atoms. The molecule has 0 fully saturated rings. The number of aryl methyl sites for hydroxylation is 1. The van der Waals surface area contributed by atoms with E-state index in [1.54, 1.807) is 16.7 Å². The number of rotatable bonds is 3. The summed E-state index contributed by atoms with van der Waals surface area (Å²) in [5, 5.41) is 17.4. The topological polar surface area (TPSA) is 53.8 Å². The summed E-state index contributed by atoms with van der Waals surface area (Å²) in [4.78, 5) is 0. The van der Waals surface area contributed by atoms with Crippen molar-refractivity contribution in [1.29, 1.82) is 0 Å². The monoisotopic (exact) mass is 395 g/mol. The van der Waals surface area contributed by atoms with Crippen LogP contribution in [-0.4, -0.2) is 19.9 Å². The van der Waals surface area contributed by atoms with E-state index in [0.717, 1.165) is 17.3 Å². The van der Waals surface area contributed by atoms with Gasteiger partial charge in [-0.2, -0.15) is 5.10 Å². The first-order chi connectivity index (χ1) is 13.4. The number of phenolic OH excluding ortho intramolecular Hbond substituents is 1. The Morgan fingerprint density at radius 1 is 0.964 bits per heavy atom. The van der Waals surface area contributed by atoms with E-state index in [4.69, 9.17) is 12.2 Å². The number of hydrogen-bond donors (Lipinski definition) is 2. The van der Waals surface area contributed by atoms with E-state index in [1.807, 2.05) is 31.2 Å². The third kappa shape index (κ3) is 3.20. The van der Waals surface area contributed by atoms with E-state index < -0.39 is 11.6 Å². The fourth-order valence-electron chi connectivity index (χ4n) is 3.02. The van der Waals surface area contributed by atoms with Crippen molar-refractivity contribution in [3.63, 3.8) is 0 Å². The van der Waals surface area contributed by atoms with Crippen molar-refractivity contribution in [3.8, 4) is 34.0 Å². The van der Waals surface area contributed by atoms with E-state index in [2.05, 4.69) is 10.2 Å². The number of halogens is 2. The third-order valence-electron chi connectivity index (χ3n) is 4.44. The smallest absolute Gasteiger partial charge is 0.200 e. The average molecular weight is 395 g/mol. The van der Waals surface area contributed by atoms with Gasteiger partial charge in [-0.1, -0.05) is 23.8 Å². The fourth-order valence-corrected chi connectivity index (χ4v) is 3.25. The van der Waals surface area contributed by atoms with Crippen LogP contribution in [0.25, 0.3) is 28.2 Å². The molecule has 0 unspecified atom stereocenters. The summed E-state index contributed by atoms with van der Waals surface area (Å²) in [5.41, 5.74) is 2.94. The van der Waals surface area contributed by atoms with Crippen molar-refractivity contribution in [3.05, 3.63) is 82.6 Å². The highest BCUT2D eigenvalue weighted by Gasteiger charge is 2.17. The summed E-state index contributed by atoms with van der Waals surface area (Å²) in [6.45, 7) is 1.98. The van der Waals surface area contributed by atoms with Crippen LogP contribution in [0.15, 0.2) is 60.7 Å². The van der Waals surface area contributed by atoms with Gasteiger partial charge in [-0.25, -0.2) is 8.78 Å². The summed E-state index contributed by atoms with van der Waals surface area (Å²) in [6, 6.07) is 15.7. The van der Waals surface area contributed by atoms with Crippen LogP contribution in [0.3, 0.4) is 0 Å². The molecule has 1 aromatic heterocycles. The molecule has 140 valence electrons. The van der Waals surface area contributed by atoms with Crippen LogP contribution in [0.1, 0.15) is 5.56 Å². The Bertz CT molecular complexity index is 1230. The van der Waals surface area contributed by atoms with E-state index in [9.17, 15) is 13.9 Å². The molecule has 0 bridgehead atoms. The molecule has 0 saturated heterocycles. The molecular weight excluding hydrogens is 380 g/mol. The highest BCUT2D eigenvalue weighted by atomic mass is 32.1. The number of aromatic hydroxyl groups is 1. The first-order valence-electron chi connectivity index (χ1n) is 8.47. The molecule has 0 radical (unpaired) electrons. The van der Waals surface area contributed by atoms with Gasteiger partial charge in [-0.15, -0.1) is 0 Å². The number of nitrogens with one attached hydrogen (secondary N) is 1. The van der Waals surface area contributed by atoms with Crippen LogP contribution in [0.2, 0.25) is 0 Å². The second kappa shape index (κ2) is 7.01. The second-order valence-electron chi connectivity index (χ2n) is 6.38. The van der Waals surface area contributed by atoms with Crippen LogP contribution < -0.4 is 0 Å². The van der Waals surface area contributed by atoms with Crippen molar-refractivity contribution >= 4 is 12.2 Å². The van der Waals surface area contributed by atoms with Gasteiger partial charge in [0.05, 0.1) is 5.56 Å². The van der Waals surface area contributed by atoms with Crippen LogP contribution in [0.4, 0.5) is 8.78 Å². The van der Waals surface area contributed by atoms with Crippen molar-refractivity contribution in [2.24, 2.45) is 0 Å². The second-order valence-corrected chi connectivity index (χ2v) is 6.77. The zero-order valence-electron chi connectivity index (χ0n) is 14.8. The summed E-state index contributed by atoms with van der Waals surface area (Å²) in [5.74, 6) is -0.987. The summed E-state index contributed by atoms with van der Waals surface area (Å²) in [7, 11) is 0. The number of aromatic nitrogens is 3. The zero-order chi connectivity index (χ0) is 19.8. The molecule has 3 aromatic carbocycles. The highest BCUT2D eigenvalue weighted by Crippen LogP contribution is 2.34. The fraction of sp³-hybridized carbons (Fsp3) is 0.0476. The normalized spacial score (nSPS) is 11.0. The maximum atomic E-state index is 14.2. The molecule has 7 heteroatoms. The average Bonchev–Trinajstić information content (AvgIpc) is 3.04. The standard InChI is InChI=1S/C21H15F2N3OS/c1-12-2-6-15(7-3-12)26-20(24-25-21(26)28)17-10-13(4-9-19(17)27)16-8-5-14(22)11-18(16)23/h2-11,27H,1H3,(H,25,28). The van der Waals surface area contributed by atoms with Crippen LogP contribution in [0, 0.1) is 23.3 Å². The molecular formula is C21H15F2N3OS. The Kier molecular flexibility index (Phi) is 4.52. The minimum absolute atomic E-state index is 0.0337. The lowest BCUT2D eigenvalue weighted by molar-refractivity contribution is 0.477. The van der Waals surface area contributed by atoms with E-state index in [-0.39, 0.29) is 11.3 Å². The van der Waals surface area contributed by atoms with Gasteiger partial charge in [-0.05, 0) is 61.1 Å². The van der Waals surface area contributed by atoms with Gasteiger partial charge in [0, 0.05) is 17.3 Å². The predicted molar refractivity (Wildman–Crippen MR) is 106 cm³/mol. The minimum Gasteiger partial charge on any atom is -0.507 e. The molecule has 1 heterocycles. The lowest BCUT2D eigenvalue weighted by Gasteiger charge is -2.11. The van der Waals surface area contributed by atoms with Gasteiger partial charge in [0.15, 0.2) is 10.6 Å². The number of nitrogens with zero attached hydrogens (tertiary/aromatic N) is 2. The zero-order valence-corrected chi connectivity index (χ0v) is 15.6. The first-order valence-corrected chi connectivity index (χ1v) is 8.88. The van der Waals surface area contributed by atoms with Gasteiger partial charge < -0.3 is 5.11 Å². The molecule has 0 aliphatic carbocycles. The summed E-state index contributed by atoms with van der Waals surface area (Å²) < 4.78 is 29.5. The van der Waals surface area contributed by atoms with Crippen molar-refractivity contribution in [2.75, 3.05) is 0 Å². The Labute approximate surface area is 164 Å². The van der Waals surface area contributed by atoms with Gasteiger partial charge >= 0.3 is 0 Å². The molecule has 4 rings (SSSR count). The van der Waals surface area contributed by atoms with Gasteiger partial charge in [0.2, 0.25) is 0 Å². The molecule has 0 saturated carbocycles. The lowest BCUT2D eigenvalue weighted by atomic mass is 10.0. The van der Waals surface area contributed by atoms with Crippen LogP contribution in [0.5, 0.6) is 5.75 Å². The van der Waals surface area contributed by atoms with Crippen molar-refractivity contribution in [2.45, 2.75) is 6.92 Å². The van der Waals surface area contributed by atoms with Crippen molar-refractivity contribution < 1.29 is 13.9 Å². The van der Waals surface area contributed by atoms with E-state index in [0.29, 0.717) is 21.7 Å². The molecule has 0 aliphatic heterocycles. The molecule has 0 spiro atoms. The Balaban J connectivity index is 1.89. The number of H-pyrrole nitrogens is 1. The third-order valence-corrected chi connectivity index (χ3v) is 4.72. The SMILES string of the molecule is Cc1ccc(-n2c(-c3cc(-c4ccc(F)cc4F)ccc3O)n[nH]c2=S)cc1. The molecule has 4 aromatic rings. The highest BCUT2D eigenvalue weighted by molar-refractivity contribution is 7.71. The summed E-state index contributed by atoms with van der Waals surface area (Å²) >= 11 is 5.35. The molecule has 4 nitrogen and oxygen atoms in total. The Hall–Kier alpha value is -3.32. The number of phenols is 1. The largest absolute Gasteiger partial charge is 0.507 e. The van der Waals surface area contributed by atoms with E-state index >= 15 is 0 Å². The maximum Gasteiger partial charge on any atom is 0.200 e. The molecule has 0 aliphatic rings. The number of hydrogen-bond acceptors (Lipinski definition) is 3. The van der Waals surface area contributed by atoms with Crippen molar-refractivity contribution in [1.82, 2.24) is 14.8 Å². The quantitative estimate of drug-likeness (QED) is 0.447. The molecule has 0 amide bonds. The Morgan fingerprint density at radius 3 is 2.43 bits per heavy atom. The summed E-state index contributed by atoms with van der Waals surface area (Å²) in [6.07, 6.45) is 0. The maximum absolute atomic E-state index is 14.2. The molecule has 2 N–H and O–H groups in total. The van der Waals surface area contributed by atoms with E-state index in [1.165, 1.54) is 18.2 Å². The lowest BCUT2D eigenvalue weighted by Crippen LogP contribution is -1.98. The van der Waals surface area contributed by atoms with Gasteiger partial charge in [0.25, 0.3) is 0 Å². The Morgan fingerprint density at radius 2 is 1.71 bits per heavy atom. The minimum atomic E-state index is -0.686. The van der Waals surface area contributed by atoms with Crippen LogP contribution in [-0.2, 0) is 0 Å². The van der Waals surface area contributed by atoms with Gasteiger partial charge in [0.1, 0.15) is 17.4 Å². The number of benzene rings is 3. The molecule has 0 atom stereocenters. The van der Waals surface area contributed by atoms with Gasteiger partial charge in [-0.3, -0.25) is 9.67 Å². The first kappa shape index (κ1) is 18.1. The predicted octanol–water partition coefficient (Wildman–Crippen LogP) is 5.56.